The SMILES string of the molecule is CNc1nc(-c2cccc(OCC(=O)NC3CCC3)c2)nc(Nc2ccc(/C(C=N)=C/N)cc2)c1C=N. The third kappa shape index (κ3) is 6.10. The van der Waals surface area contributed by atoms with Gasteiger partial charge in [0.05, 0.1) is 5.56 Å². The molecule has 10 heteroatoms. The minimum absolute atomic E-state index is 0.0584. The first kappa shape index (κ1) is 25.4. The zero-order valence-electron chi connectivity index (χ0n) is 20.5. The fraction of sp³-hybridized carbons (Fsp3) is 0.222. The van der Waals surface area contributed by atoms with Crippen molar-refractivity contribution in [2.45, 2.75) is 25.3 Å². The average molecular weight is 499 g/mol. The Morgan fingerprint density at radius 3 is 2.51 bits per heavy atom. The molecule has 3 aromatic rings. The molecule has 1 aromatic heterocycles. The van der Waals surface area contributed by atoms with Crippen LogP contribution in [-0.4, -0.2) is 48.0 Å². The zero-order valence-corrected chi connectivity index (χ0v) is 20.5. The molecule has 10 nitrogen and oxygen atoms in total. The van der Waals surface area contributed by atoms with Crippen molar-refractivity contribution >= 4 is 41.2 Å². The lowest BCUT2D eigenvalue weighted by Gasteiger charge is -2.26. The van der Waals surface area contributed by atoms with Gasteiger partial charge >= 0.3 is 0 Å². The summed E-state index contributed by atoms with van der Waals surface area (Å²) in [6, 6.07) is 14.9. The molecule has 0 radical (unpaired) electrons. The van der Waals surface area contributed by atoms with E-state index in [0.717, 1.165) is 30.5 Å². The lowest BCUT2D eigenvalue weighted by atomic mass is 9.93. The summed E-state index contributed by atoms with van der Waals surface area (Å²) < 4.78 is 5.71. The molecule has 1 saturated carbocycles. The van der Waals surface area contributed by atoms with Gasteiger partial charge in [-0.05, 0) is 49.1 Å². The highest BCUT2D eigenvalue weighted by Crippen LogP contribution is 2.29. The van der Waals surface area contributed by atoms with Gasteiger partial charge in [-0.3, -0.25) is 4.79 Å². The van der Waals surface area contributed by atoms with Crippen LogP contribution in [0.15, 0.2) is 54.7 Å². The summed E-state index contributed by atoms with van der Waals surface area (Å²) in [7, 11) is 1.73. The summed E-state index contributed by atoms with van der Waals surface area (Å²) in [5, 5.41) is 24.6. The van der Waals surface area contributed by atoms with Crippen LogP contribution in [0.4, 0.5) is 17.3 Å². The highest BCUT2D eigenvalue weighted by atomic mass is 16.5. The number of anilines is 3. The topological polar surface area (TPSA) is 162 Å². The number of carbonyl (C=O) groups is 1. The fourth-order valence-electron chi connectivity index (χ4n) is 3.83. The van der Waals surface area contributed by atoms with E-state index in [9.17, 15) is 4.79 Å². The summed E-state index contributed by atoms with van der Waals surface area (Å²) in [6.45, 7) is -0.0584. The molecule has 1 aliphatic rings. The van der Waals surface area contributed by atoms with E-state index in [1.807, 2.05) is 36.4 Å². The Hall–Kier alpha value is -4.73. The van der Waals surface area contributed by atoms with Gasteiger partial charge in [-0.25, -0.2) is 9.97 Å². The average Bonchev–Trinajstić information content (AvgIpc) is 2.91. The predicted octanol–water partition coefficient (Wildman–Crippen LogP) is 3.92. The fourth-order valence-corrected chi connectivity index (χ4v) is 3.83. The third-order valence-corrected chi connectivity index (χ3v) is 6.08. The first-order valence-electron chi connectivity index (χ1n) is 12.0. The molecule has 190 valence electrons. The van der Waals surface area contributed by atoms with Gasteiger partial charge in [-0.15, -0.1) is 0 Å². The molecule has 0 spiro atoms. The van der Waals surface area contributed by atoms with E-state index in [1.54, 1.807) is 19.2 Å². The number of nitrogens with one attached hydrogen (secondary N) is 5. The van der Waals surface area contributed by atoms with Crippen LogP contribution in [-0.2, 0) is 4.79 Å². The highest BCUT2D eigenvalue weighted by molar-refractivity contribution is 6.08. The van der Waals surface area contributed by atoms with E-state index in [4.69, 9.17) is 21.3 Å². The smallest absolute Gasteiger partial charge is 0.258 e. The summed E-state index contributed by atoms with van der Waals surface area (Å²) >= 11 is 0. The number of hydrogen-bond acceptors (Lipinski definition) is 9. The Kier molecular flexibility index (Phi) is 8.09. The molecule has 4 rings (SSSR count). The number of rotatable bonds is 11. The maximum Gasteiger partial charge on any atom is 0.258 e. The third-order valence-electron chi connectivity index (χ3n) is 6.08. The van der Waals surface area contributed by atoms with E-state index < -0.39 is 0 Å². The van der Waals surface area contributed by atoms with Crippen molar-refractivity contribution in [3.05, 3.63) is 65.9 Å². The van der Waals surface area contributed by atoms with E-state index >= 15 is 0 Å². The maximum atomic E-state index is 12.1. The Morgan fingerprint density at radius 1 is 1.14 bits per heavy atom. The highest BCUT2D eigenvalue weighted by Gasteiger charge is 2.19. The van der Waals surface area contributed by atoms with Crippen molar-refractivity contribution in [3.63, 3.8) is 0 Å². The van der Waals surface area contributed by atoms with Crippen LogP contribution in [0.1, 0.15) is 30.4 Å². The second-order valence-corrected chi connectivity index (χ2v) is 8.53. The number of amides is 1. The second kappa shape index (κ2) is 11.8. The van der Waals surface area contributed by atoms with Gasteiger partial charge in [0.2, 0.25) is 0 Å². The van der Waals surface area contributed by atoms with Crippen LogP contribution in [0.25, 0.3) is 17.0 Å². The van der Waals surface area contributed by atoms with Crippen molar-refractivity contribution in [3.8, 4) is 17.1 Å². The van der Waals surface area contributed by atoms with E-state index in [2.05, 4.69) is 25.9 Å². The molecule has 1 aliphatic carbocycles. The number of nitrogens with zero attached hydrogens (tertiary/aromatic N) is 2. The van der Waals surface area contributed by atoms with Crippen molar-refractivity contribution in [2.24, 2.45) is 5.73 Å². The molecule has 1 fully saturated rings. The summed E-state index contributed by atoms with van der Waals surface area (Å²) in [5.41, 5.74) is 8.95. The number of hydrogen-bond donors (Lipinski definition) is 6. The van der Waals surface area contributed by atoms with Crippen molar-refractivity contribution in [1.82, 2.24) is 15.3 Å². The van der Waals surface area contributed by atoms with Crippen molar-refractivity contribution in [2.75, 3.05) is 24.3 Å². The number of allylic oxidation sites excluding steroid dienone is 1. The van der Waals surface area contributed by atoms with Crippen LogP contribution in [0, 0.1) is 10.8 Å². The Morgan fingerprint density at radius 2 is 1.89 bits per heavy atom. The first-order chi connectivity index (χ1) is 18.0. The summed E-state index contributed by atoms with van der Waals surface area (Å²) in [5.74, 6) is 1.77. The van der Waals surface area contributed by atoms with Gasteiger partial charge in [0.1, 0.15) is 17.4 Å². The Balaban J connectivity index is 1.57. The van der Waals surface area contributed by atoms with Gasteiger partial charge in [0.25, 0.3) is 5.91 Å². The second-order valence-electron chi connectivity index (χ2n) is 8.53. The van der Waals surface area contributed by atoms with Gasteiger partial charge in [0, 0.05) is 48.5 Å². The molecule has 0 unspecified atom stereocenters. The molecule has 0 aliphatic heterocycles. The molecule has 1 heterocycles. The Labute approximate surface area is 215 Å². The van der Waals surface area contributed by atoms with Crippen LogP contribution in [0.3, 0.4) is 0 Å². The number of aromatic nitrogens is 2. The number of ether oxygens (including phenoxy) is 1. The standard InChI is InChI=1S/C27H30N8O2/c1-31-26-23(15-30)27(33-21-10-8-17(9-11-21)19(13-28)14-29)35-25(34-26)18-4-2-7-22(12-18)37-16-24(36)32-20-5-3-6-20/h2,4,7-15,20,28,30H,3,5-6,16,29H2,1H3,(H,32,36)(H2,31,33,34,35)/b19-14+,28-13?,30-15?. The van der Waals surface area contributed by atoms with Gasteiger partial charge in [-0.1, -0.05) is 24.3 Å². The maximum absolute atomic E-state index is 12.1. The molecular formula is C27H30N8O2. The largest absolute Gasteiger partial charge is 0.484 e. The van der Waals surface area contributed by atoms with Gasteiger partial charge < -0.3 is 37.2 Å². The zero-order chi connectivity index (χ0) is 26.2. The number of benzene rings is 2. The monoisotopic (exact) mass is 498 g/mol. The van der Waals surface area contributed by atoms with Gasteiger partial charge in [0.15, 0.2) is 12.4 Å². The summed E-state index contributed by atoms with van der Waals surface area (Å²) in [6.07, 6.45) is 6.97. The van der Waals surface area contributed by atoms with Crippen molar-refractivity contribution in [1.29, 1.82) is 10.8 Å². The van der Waals surface area contributed by atoms with Gasteiger partial charge in [-0.2, -0.15) is 0 Å². The molecule has 37 heavy (non-hydrogen) atoms. The molecule has 0 atom stereocenters. The minimum atomic E-state index is -0.133. The molecule has 2 aromatic carbocycles. The van der Waals surface area contributed by atoms with Crippen LogP contribution < -0.4 is 26.4 Å². The van der Waals surface area contributed by atoms with E-state index in [1.165, 1.54) is 18.6 Å². The minimum Gasteiger partial charge on any atom is -0.484 e. The Bertz CT molecular complexity index is 1320. The molecule has 1 amide bonds. The number of carbonyl (C=O) groups excluding carboxylic acids is 1. The predicted molar refractivity (Wildman–Crippen MR) is 147 cm³/mol. The molecular weight excluding hydrogens is 468 g/mol. The van der Waals surface area contributed by atoms with Crippen LogP contribution >= 0.6 is 0 Å². The lowest BCUT2D eigenvalue weighted by molar-refractivity contribution is -0.124. The van der Waals surface area contributed by atoms with Crippen LogP contribution in [0.2, 0.25) is 0 Å². The van der Waals surface area contributed by atoms with Crippen LogP contribution in [0.5, 0.6) is 5.75 Å². The molecule has 0 saturated heterocycles. The first-order valence-corrected chi connectivity index (χ1v) is 12.0. The quantitative estimate of drug-likeness (QED) is 0.218. The van der Waals surface area contributed by atoms with E-state index in [0.29, 0.717) is 39.9 Å². The van der Waals surface area contributed by atoms with E-state index in [-0.39, 0.29) is 18.6 Å². The molecule has 0 bridgehead atoms. The molecule has 7 N–H and O–H groups in total. The number of nitrogens with two attached hydrogens (primary N) is 1. The normalized spacial score (nSPS) is 13.3. The lowest BCUT2D eigenvalue weighted by Crippen LogP contribution is -2.41. The summed E-state index contributed by atoms with van der Waals surface area (Å²) in [4.78, 5) is 21.4. The van der Waals surface area contributed by atoms with Crippen molar-refractivity contribution < 1.29 is 9.53 Å².